The molecule has 0 aliphatic heterocycles. The van der Waals surface area contributed by atoms with Crippen LogP contribution >= 0.6 is 22.7 Å². The molecule has 0 saturated heterocycles. The van der Waals surface area contributed by atoms with E-state index < -0.39 is 6.10 Å². The highest BCUT2D eigenvalue weighted by molar-refractivity contribution is 7.21. The quantitative estimate of drug-likeness (QED) is 0.751. The van der Waals surface area contributed by atoms with Crippen molar-refractivity contribution in [2.24, 2.45) is 0 Å². The van der Waals surface area contributed by atoms with Gasteiger partial charge in [-0.3, -0.25) is 0 Å². The Bertz CT molecular complexity index is 483. The van der Waals surface area contributed by atoms with Gasteiger partial charge in [-0.05, 0) is 30.5 Å². The highest BCUT2D eigenvalue weighted by atomic mass is 32.1. The third-order valence-electron chi connectivity index (χ3n) is 1.77. The van der Waals surface area contributed by atoms with Gasteiger partial charge in [0.2, 0.25) is 0 Å². The van der Waals surface area contributed by atoms with Gasteiger partial charge in [0.1, 0.15) is 6.10 Å². The molecule has 1 atom stereocenters. The van der Waals surface area contributed by atoms with Crippen molar-refractivity contribution in [3.8, 4) is 21.6 Å². The Morgan fingerprint density at radius 3 is 2.80 bits per heavy atom. The summed E-state index contributed by atoms with van der Waals surface area (Å²) in [6.07, 6.45) is -0.558. The average molecular weight is 234 g/mol. The highest BCUT2D eigenvalue weighted by Crippen LogP contribution is 2.30. The molecule has 2 rings (SSSR count). The zero-order valence-corrected chi connectivity index (χ0v) is 9.86. The van der Waals surface area contributed by atoms with Gasteiger partial charge in [-0.1, -0.05) is 17.9 Å². The summed E-state index contributed by atoms with van der Waals surface area (Å²) in [6, 6.07) is 8.21. The second kappa shape index (κ2) is 4.63. The fourth-order valence-electron chi connectivity index (χ4n) is 1.13. The standard InChI is InChI=1S/C12H10OS2/c1-9(13)4-5-10-6-7-12(15-10)11-3-2-8-14-11/h2-3,6-9,13H,1H3. The molecule has 0 fully saturated rings. The molecule has 0 bridgehead atoms. The molecule has 3 heteroatoms. The van der Waals surface area contributed by atoms with Crippen molar-refractivity contribution in [2.45, 2.75) is 13.0 Å². The zero-order valence-electron chi connectivity index (χ0n) is 8.23. The number of rotatable bonds is 1. The third-order valence-corrected chi connectivity index (χ3v) is 3.84. The minimum absolute atomic E-state index is 0.558. The summed E-state index contributed by atoms with van der Waals surface area (Å²) in [4.78, 5) is 3.50. The van der Waals surface area contributed by atoms with E-state index in [0.29, 0.717) is 0 Å². The number of aliphatic hydroxyl groups is 1. The summed E-state index contributed by atoms with van der Waals surface area (Å²) < 4.78 is 0. The van der Waals surface area contributed by atoms with E-state index in [9.17, 15) is 0 Å². The van der Waals surface area contributed by atoms with Gasteiger partial charge < -0.3 is 5.11 Å². The van der Waals surface area contributed by atoms with Gasteiger partial charge in [0, 0.05) is 9.75 Å². The van der Waals surface area contributed by atoms with E-state index in [1.165, 1.54) is 9.75 Å². The van der Waals surface area contributed by atoms with E-state index in [1.807, 2.05) is 12.1 Å². The fourth-order valence-corrected chi connectivity index (χ4v) is 2.83. The Labute approximate surface area is 97.0 Å². The largest absolute Gasteiger partial charge is 0.381 e. The van der Waals surface area contributed by atoms with Crippen molar-refractivity contribution < 1.29 is 5.11 Å². The predicted octanol–water partition coefficient (Wildman–Crippen LogP) is 3.21. The van der Waals surface area contributed by atoms with Crippen LogP contribution in [0, 0.1) is 11.8 Å². The van der Waals surface area contributed by atoms with Crippen molar-refractivity contribution in [3.05, 3.63) is 34.5 Å². The molecule has 0 aliphatic rings. The molecule has 0 aliphatic carbocycles. The Kier molecular flexibility index (Phi) is 3.22. The lowest BCUT2D eigenvalue weighted by atomic mass is 10.3. The van der Waals surface area contributed by atoms with Crippen molar-refractivity contribution in [3.63, 3.8) is 0 Å². The van der Waals surface area contributed by atoms with Crippen LogP contribution in [0.1, 0.15) is 11.8 Å². The van der Waals surface area contributed by atoms with Gasteiger partial charge in [0.25, 0.3) is 0 Å². The normalized spacial score (nSPS) is 11.9. The van der Waals surface area contributed by atoms with Crippen molar-refractivity contribution in [1.82, 2.24) is 0 Å². The van der Waals surface area contributed by atoms with Gasteiger partial charge in [-0.15, -0.1) is 22.7 Å². The lowest BCUT2D eigenvalue weighted by Gasteiger charge is -1.87. The summed E-state index contributed by atoms with van der Waals surface area (Å²) in [5, 5.41) is 11.1. The number of aliphatic hydroxyl groups excluding tert-OH is 1. The first-order chi connectivity index (χ1) is 7.25. The summed E-state index contributed by atoms with van der Waals surface area (Å²) >= 11 is 3.38. The van der Waals surface area contributed by atoms with Gasteiger partial charge in [-0.25, -0.2) is 0 Å². The Morgan fingerprint density at radius 1 is 1.27 bits per heavy atom. The molecule has 15 heavy (non-hydrogen) atoms. The van der Waals surface area contributed by atoms with Crippen LogP contribution in [0.4, 0.5) is 0 Å². The summed E-state index contributed by atoms with van der Waals surface area (Å²) in [5.41, 5.74) is 0. The van der Waals surface area contributed by atoms with Crippen molar-refractivity contribution >= 4 is 22.7 Å². The lowest BCUT2D eigenvalue weighted by Crippen LogP contribution is -1.91. The number of hydrogen-bond acceptors (Lipinski definition) is 3. The fraction of sp³-hybridized carbons (Fsp3) is 0.167. The van der Waals surface area contributed by atoms with Crippen LogP contribution in [0.25, 0.3) is 9.75 Å². The van der Waals surface area contributed by atoms with Gasteiger partial charge >= 0.3 is 0 Å². The summed E-state index contributed by atoms with van der Waals surface area (Å²) in [5.74, 6) is 5.69. The molecule has 0 aromatic carbocycles. The molecule has 0 amide bonds. The van der Waals surface area contributed by atoms with Crippen LogP contribution in [-0.4, -0.2) is 11.2 Å². The molecular weight excluding hydrogens is 224 g/mol. The minimum Gasteiger partial charge on any atom is -0.381 e. The minimum atomic E-state index is -0.558. The van der Waals surface area contributed by atoms with E-state index in [1.54, 1.807) is 29.6 Å². The number of thiophene rings is 2. The Balaban J connectivity index is 2.23. The van der Waals surface area contributed by atoms with Crippen LogP contribution in [0.15, 0.2) is 29.6 Å². The van der Waals surface area contributed by atoms with Gasteiger partial charge in [0.05, 0.1) is 4.88 Å². The van der Waals surface area contributed by atoms with E-state index in [2.05, 4.69) is 29.4 Å². The van der Waals surface area contributed by atoms with Crippen LogP contribution in [0.2, 0.25) is 0 Å². The first kappa shape index (κ1) is 10.4. The number of hydrogen-bond donors (Lipinski definition) is 1. The van der Waals surface area contributed by atoms with Crippen LogP contribution in [0.5, 0.6) is 0 Å². The monoisotopic (exact) mass is 234 g/mol. The van der Waals surface area contributed by atoms with E-state index >= 15 is 0 Å². The van der Waals surface area contributed by atoms with Crippen LogP contribution in [-0.2, 0) is 0 Å². The SMILES string of the molecule is CC(O)C#Cc1ccc(-c2cccs2)s1. The van der Waals surface area contributed by atoms with Crippen molar-refractivity contribution in [1.29, 1.82) is 0 Å². The molecule has 1 nitrogen and oxygen atoms in total. The first-order valence-electron chi connectivity index (χ1n) is 4.59. The molecule has 2 heterocycles. The molecule has 0 spiro atoms. The lowest BCUT2D eigenvalue weighted by molar-refractivity contribution is 0.253. The molecule has 2 aromatic heterocycles. The molecular formula is C12H10OS2. The van der Waals surface area contributed by atoms with Gasteiger partial charge in [0.15, 0.2) is 0 Å². The van der Waals surface area contributed by atoms with E-state index in [0.717, 1.165) is 4.88 Å². The molecule has 1 N–H and O–H groups in total. The highest BCUT2D eigenvalue weighted by Gasteiger charge is 2.01. The Hall–Kier alpha value is -1.08. The maximum atomic E-state index is 9.04. The van der Waals surface area contributed by atoms with E-state index in [-0.39, 0.29) is 0 Å². The predicted molar refractivity (Wildman–Crippen MR) is 66.2 cm³/mol. The second-order valence-electron chi connectivity index (χ2n) is 3.09. The first-order valence-corrected chi connectivity index (χ1v) is 6.28. The Morgan fingerprint density at radius 2 is 2.13 bits per heavy atom. The van der Waals surface area contributed by atoms with E-state index in [4.69, 9.17) is 5.11 Å². The van der Waals surface area contributed by atoms with Gasteiger partial charge in [-0.2, -0.15) is 0 Å². The summed E-state index contributed by atoms with van der Waals surface area (Å²) in [6.45, 7) is 1.67. The molecule has 1 unspecified atom stereocenters. The second-order valence-corrected chi connectivity index (χ2v) is 5.12. The van der Waals surface area contributed by atoms with Crippen molar-refractivity contribution in [2.75, 3.05) is 0 Å². The smallest absolute Gasteiger partial charge is 0.112 e. The molecule has 0 radical (unpaired) electrons. The van der Waals surface area contributed by atoms with Crippen LogP contribution < -0.4 is 0 Å². The molecule has 0 saturated carbocycles. The average Bonchev–Trinajstić information content (AvgIpc) is 2.85. The zero-order chi connectivity index (χ0) is 10.7. The van der Waals surface area contributed by atoms with Crippen LogP contribution in [0.3, 0.4) is 0 Å². The topological polar surface area (TPSA) is 20.2 Å². The molecule has 2 aromatic rings. The third kappa shape index (κ3) is 2.69. The summed E-state index contributed by atoms with van der Waals surface area (Å²) in [7, 11) is 0. The molecule has 76 valence electrons. The maximum Gasteiger partial charge on any atom is 0.112 e. The maximum absolute atomic E-state index is 9.04.